The molecule has 0 spiro atoms. The highest BCUT2D eigenvalue weighted by atomic mass is 35.5. The highest BCUT2D eigenvalue weighted by Gasteiger charge is 2.21. The molecule has 0 heterocycles. The van der Waals surface area contributed by atoms with Gasteiger partial charge >= 0.3 is 0 Å². The number of benzene rings is 3. The molecule has 0 aliphatic heterocycles. The van der Waals surface area contributed by atoms with Crippen molar-refractivity contribution in [3.63, 3.8) is 0 Å². The van der Waals surface area contributed by atoms with E-state index in [1.54, 1.807) is 25.1 Å². The van der Waals surface area contributed by atoms with E-state index >= 15 is 0 Å². The fraction of sp³-hybridized carbons (Fsp3) is 0.240. The summed E-state index contributed by atoms with van der Waals surface area (Å²) >= 11 is 6.15. The second kappa shape index (κ2) is 9.23. The Bertz CT molecular complexity index is 1040. The van der Waals surface area contributed by atoms with Crippen LogP contribution < -0.4 is 14.8 Å². The van der Waals surface area contributed by atoms with E-state index in [2.05, 4.69) is 11.4 Å². The number of hydrogen-bond acceptors (Lipinski definition) is 3. The highest BCUT2D eigenvalue weighted by molar-refractivity contribution is 6.31. The van der Waals surface area contributed by atoms with E-state index in [4.69, 9.17) is 21.1 Å². The summed E-state index contributed by atoms with van der Waals surface area (Å²) < 4.78 is 12.0. The van der Waals surface area contributed by atoms with Gasteiger partial charge in [-0.25, -0.2) is 0 Å². The monoisotopic (exact) mass is 421 g/mol. The molecule has 1 amide bonds. The third-order valence-corrected chi connectivity index (χ3v) is 5.43. The van der Waals surface area contributed by atoms with E-state index in [9.17, 15) is 4.79 Å². The maximum atomic E-state index is 12.9. The van der Waals surface area contributed by atoms with E-state index in [0.717, 1.165) is 25.0 Å². The van der Waals surface area contributed by atoms with Crippen LogP contribution in [0.2, 0.25) is 5.02 Å². The van der Waals surface area contributed by atoms with E-state index in [0.29, 0.717) is 22.2 Å². The fourth-order valence-corrected chi connectivity index (χ4v) is 3.81. The minimum Gasteiger partial charge on any atom is -0.481 e. The number of para-hydroxylation sites is 1. The molecule has 3 aromatic carbocycles. The predicted molar refractivity (Wildman–Crippen MR) is 120 cm³/mol. The largest absolute Gasteiger partial charge is 0.481 e. The Labute approximate surface area is 181 Å². The zero-order valence-corrected chi connectivity index (χ0v) is 17.6. The Morgan fingerprint density at radius 2 is 1.77 bits per heavy atom. The number of aryl methyl sites for hydroxylation is 1. The molecule has 154 valence electrons. The second-order valence-electron chi connectivity index (χ2n) is 7.41. The maximum absolute atomic E-state index is 12.9. The molecule has 30 heavy (non-hydrogen) atoms. The molecule has 4 rings (SSSR count). The van der Waals surface area contributed by atoms with Gasteiger partial charge in [0.15, 0.2) is 11.9 Å². The van der Waals surface area contributed by atoms with Gasteiger partial charge in [0.1, 0.15) is 11.5 Å². The van der Waals surface area contributed by atoms with Gasteiger partial charge in [0.2, 0.25) is 0 Å². The van der Waals surface area contributed by atoms with Crippen molar-refractivity contribution in [2.75, 3.05) is 5.32 Å². The van der Waals surface area contributed by atoms with Crippen molar-refractivity contribution in [2.45, 2.75) is 38.7 Å². The van der Waals surface area contributed by atoms with Crippen molar-refractivity contribution in [2.24, 2.45) is 0 Å². The standard InChI is InChI=1S/C25H24ClNO3/c1-17(29-23-13-7-9-18-8-5-6-12-21(18)23)25(28)27-22-16-19(26)14-15-24(22)30-20-10-3-2-4-11-20/h2-4,7,9-11,13-17H,5-6,8,12H2,1H3,(H,27,28). The van der Waals surface area contributed by atoms with E-state index in [1.165, 1.54) is 17.5 Å². The summed E-state index contributed by atoms with van der Waals surface area (Å²) in [6, 6.07) is 20.6. The normalized spacial score (nSPS) is 13.8. The van der Waals surface area contributed by atoms with Crippen LogP contribution >= 0.6 is 11.6 Å². The van der Waals surface area contributed by atoms with Crippen LogP contribution in [0.25, 0.3) is 0 Å². The van der Waals surface area contributed by atoms with Gasteiger partial charge in [-0.05, 0) is 80.1 Å². The summed E-state index contributed by atoms with van der Waals surface area (Å²) in [7, 11) is 0. The number of rotatable bonds is 6. The average molecular weight is 422 g/mol. The van der Waals surface area contributed by atoms with Gasteiger partial charge in [0.05, 0.1) is 5.69 Å². The lowest BCUT2D eigenvalue weighted by atomic mass is 9.91. The average Bonchev–Trinajstić information content (AvgIpc) is 2.76. The molecule has 3 aromatic rings. The third-order valence-electron chi connectivity index (χ3n) is 5.20. The number of fused-ring (bicyclic) bond motifs is 1. The number of carbonyl (C=O) groups is 1. The minimum atomic E-state index is -0.665. The van der Waals surface area contributed by atoms with Crippen molar-refractivity contribution in [3.05, 3.63) is 82.9 Å². The van der Waals surface area contributed by atoms with Gasteiger partial charge in [-0.1, -0.05) is 41.9 Å². The molecule has 1 unspecified atom stereocenters. The molecule has 1 atom stereocenters. The summed E-state index contributed by atoms with van der Waals surface area (Å²) in [4.78, 5) is 12.9. The van der Waals surface area contributed by atoms with Crippen molar-refractivity contribution in [1.82, 2.24) is 0 Å². The van der Waals surface area contributed by atoms with Gasteiger partial charge < -0.3 is 14.8 Å². The maximum Gasteiger partial charge on any atom is 0.265 e. The number of amides is 1. The summed E-state index contributed by atoms with van der Waals surface area (Å²) in [5.74, 6) is 1.73. The van der Waals surface area contributed by atoms with E-state index in [1.807, 2.05) is 42.5 Å². The summed E-state index contributed by atoms with van der Waals surface area (Å²) in [5, 5.41) is 3.41. The molecule has 5 heteroatoms. The van der Waals surface area contributed by atoms with Gasteiger partial charge in [-0.2, -0.15) is 0 Å². The molecule has 0 bridgehead atoms. The van der Waals surface area contributed by atoms with Crippen LogP contribution in [0.15, 0.2) is 66.7 Å². The number of hydrogen-bond donors (Lipinski definition) is 1. The Kier molecular flexibility index (Phi) is 6.24. The molecule has 0 fully saturated rings. The lowest BCUT2D eigenvalue weighted by Gasteiger charge is -2.22. The Morgan fingerprint density at radius 1 is 0.967 bits per heavy atom. The Hall–Kier alpha value is -2.98. The second-order valence-corrected chi connectivity index (χ2v) is 7.84. The van der Waals surface area contributed by atoms with Gasteiger partial charge in [0.25, 0.3) is 5.91 Å². The summed E-state index contributed by atoms with van der Waals surface area (Å²) in [6.45, 7) is 1.75. The molecule has 0 saturated heterocycles. The molecule has 4 nitrogen and oxygen atoms in total. The zero-order valence-electron chi connectivity index (χ0n) is 16.9. The molecule has 0 saturated carbocycles. The molecular formula is C25H24ClNO3. The van der Waals surface area contributed by atoms with Crippen LogP contribution in [0.5, 0.6) is 17.2 Å². The Morgan fingerprint density at radius 3 is 2.60 bits per heavy atom. The quantitative estimate of drug-likeness (QED) is 0.499. The lowest BCUT2D eigenvalue weighted by molar-refractivity contribution is -0.122. The highest BCUT2D eigenvalue weighted by Crippen LogP contribution is 2.33. The number of anilines is 1. The van der Waals surface area contributed by atoms with Crippen LogP contribution in [0.1, 0.15) is 30.9 Å². The zero-order chi connectivity index (χ0) is 20.9. The Balaban J connectivity index is 1.49. The molecule has 1 N–H and O–H groups in total. The lowest BCUT2D eigenvalue weighted by Crippen LogP contribution is -2.30. The topological polar surface area (TPSA) is 47.6 Å². The number of halogens is 1. The molecule has 0 radical (unpaired) electrons. The van der Waals surface area contributed by atoms with Crippen molar-refractivity contribution in [1.29, 1.82) is 0 Å². The van der Waals surface area contributed by atoms with Crippen molar-refractivity contribution in [3.8, 4) is 17.2 Å². The molecule has 1 aliphatic rings. The van der Waals surface area contributed by atoms with Crippen LogP contribution in [0.3, 0.4) is 0 Å². The smallest absolute Gasteiger partial charge is 0.265 e. The SMILES string of the molecule is CC(Oc1cccc2c1CCCC2)C(=O)Nc1cc(Cl)ccc1Oc1ccccc1. The number of ether oxygens (including phenoxy) is 2. The van der Waals surface area contributed by atoms with E-state index < -0.39 is 6.10 Å². The number of carbonyl (C=O) groups excluding carboxylic acids is 1. The minimum absolute atomic E-state index is 0.261. The van der Waals surface area contributed by atoms with Crippen LogP contribution in [0, 0.1) is 0 Å². The third kappa shape index (κ3) is 4.77. The predicted octanol–water partition coefficient (Wildman–Crippen LogP) is 6.42. The van der Waals surface area contributed by atoms with Crippen LogP contribution in [-0.2, 0) is 17.6 Å². The molecular weight excluding hydrogens is 398 g/mol. The first-order valence-electron chi connectivity index (χ1n) is 10.2. The van der Waals surface area contributed by atoms with Crippen LogP contribution in [0.4, 0.5) is 5.69 Å². The first-order valence-corrected chi connectivity index (χ1v) is 10.6. The van der Waals surface area contributed by atoms with Crippen molar-refractivity contribution >= 4 is 23.2 Å². The fourth-order valence-electron chi connectivity index (χ4n) is 3.64. The number of nitrogens with one attached hydrogen (secondary N) is 1. The van der Waals surface area contributed by atoms with E-state index in [-0.39, 0.29) is 5.91 Å². The first-order chi connectivity index (χ1) is 14.6. The molecule has 0 aromatic heterocycles. The first kappa shape index (κ1) is 20.3. The molecule has 1 aliphatic carbocycles. The summed E-state index contributed by atoms with van der Waals surface area (Å²) in [5.41, 5.74) is 3.04. The van der Waals surface area contributed by atoms with Crippen LogP contribution in [-0.4, -0.2) is 12.0 Å². The van der Waals surface area contributed by atoms with Gasteiger partial charge in [0, 0.05) is 5.02 Å². The van der Waals surface area contributed by atoms with Gasteiger partial charge in [-0.3, -0.25) is 4.79 Å². The van der Waals surface area contributed by atoms with Crippen molar-refractivity contribution < 1.29 is 14.3 Å². The summed E-state index contributed by atoms with van der Waals surface area (Å²) in [6.07, 6.45) is 3.74. The van der Waals surface area contributed by atoms with Gasteiger partial charge in [-0.15, -0.1) is 0 Å².